The number of ether oxygens (including phenoxy) is 1. The molecule has 14 heavy (non-hydrogen) atoms. The van der Waals surface area contributed by atoms with Crippen LogP contribution >= 0.6 is 0 Å². The number of pyridine rings is 1. The molecule has 0 atom stereocenters. The number of nitrogens with two attached hydrogens (primary N) is 1. The van der Waals surface area contributed by atoms with Crippen LogP contribution in [0, 0.1) is 0 Å². The van der Waals surface area contributed by atoms with E-state index in [1.165, 1.54) is 0 Å². The molecule has 2 aromatic rings. The highest BCUT2D eigenvalue weighted by Crippen LogP contribution is 2.30. The minimum absolute atomic E-state index is 0.438. The lowest BCUT2D eigenvalue weighted by molar-refractivity contribution is 0.418. The van der Waals surface area contributed by atoms with Crippen molar-refractivity contribution in [2.45, 2.75) is 13.5 Å². The first-order valence-corrected chi connectivity index (χ1v) is 4.55. The highest BCUT2D eigenvalue weighted by atomic mass is 16.5. The zero-order valence-electron chi connectivity index (χ0n) is 8.32. The lowest BCUT2D eigenvalue weighted by Crippen LogP contribution is -1.99. The summed E-state index contributed by atoms with van der Waals surface area (Å²) in [7, 11) is 1.61. The average molecular weight is 191 g/mol. The number of methoxy groups -OCH3 is 1. The first-order valence-electron chi connectivity index (χ1n) is 4.55. The van der Waals surface area contributed by atoms with Gasteiger partial charge in [0.15, 0.2) is 11.6 Å². The van der Waals surface area contributed by atoms with Crippen LogP contribution in [0.4, 0.5) is 5.82 Å². The van der Waals surface area contributed by atoms with Crippen molar-refractivity contribution in [2.24, 2.45) is 0 Å². The maximum absolute atomic E-state index is 5.73. The second-order valence-corrected chi connectivity index (χ2v) is 3.08. The van der Waals surface area contributed by atoms with Crippen molar-refractivity contribution < 1.29 is 4.74 Å². The molecule has 0 aliphatic rings. The molecule has 4 nitrogen and oxygen atoms in total. The maximum Gasteiger partial charge on any atom is 0.185 e. The Morgan fingerprint density at radius 2 is 2.36 bits per heavy atom. The minimum atomic E-state index is 0.438. The van der Waals surface area contributed by atoms with E-state index in [0.29, 0.717) is 11.6 Å². The molecule has 0 aromatic carbocycles. The summed E-state index contributed by atoms with van der Waals surface area (Å²) in [6, 6.07) is 2.01. The monoisotopic (exact) mass is 191 g/mol. The smallest absolute Gasteiger partial charge is 0.185 e. The van der Waals surface area contributed by atoms with Crippen LogP contribution in [0.15, 0.2) is 18.5 Å². The van der Waals surface area contributed by atoms with E-state index in [0.717, 1.165) is 17.4 Å². The second-order valence-electron chi connectivity index (χ2n) is 3.08. The number of aromatic nitrogens is 2. The number of fused-ring (bicyclic) bond motifs is 1. The molecular weight excluding hydrogens is 178 g/mol. The minimum Gasteiger partial charge on any atom is -0.491 e. The number of nitrogen functional groups attached to an aromatic ring is 1. The van der Waals surface area contributed by atoms with Crippen molar-refractivity contribution in [1.29, 1.82) is 0 Å². The molecule has 0 radical (unpaired) electrons. The molecule has 2 aromatic heterocycles. The zero-order chi connectivity index (χ0) is 10.1. The van der Waals surface area contributed by atoms with Gasteiger partial charge in [0.1, 0.15) is 0 Å². The van der Waals surface area contributed by atoms with Crippen LogP contribution in [0.3, 0.4) is 0 Å². The predicted molar refractivity (Wildman–Crippen MR) is 56.4 cm³/mol. The van der Waals surface area contributed by atoms with Gasteiger partial charge in [-0.15, -0.1) is 0 Å². The van der Waals surface area contributed by atoms with Crippen LogP contribution in [0.2, 0.25) is 0 Å². The van der Waals surface area contributed by atoms with Crippen LogP contribution < -0.4 is 10.5 Å². The lowest BCUT2D eigenvalue weighted by Gasteiger charge is -2.08. The molecule has 2 rings (SSSR count). The standard InChI is InChI=1S/C10H13N3O/c1-3-13-5-4-7-6-12-10(11)9(14-2)8(7)13/h4-6H,3H2,1-2H3,(H2,11,12). The Kier molecular flexibility index (Phi) is 2.04. The van der Waals surface area contributed by atoms with Crippen LogP contribution in [-0.4, -0.2) is 16.7 Å². The Balaban J connectivity index is 2.81. The average Bonchev–Trinajstić information content (AvgIpc) is 2.61. The molecule has 2 N–H and O–H groups in total. The summed E-state index contributed by atoms with van der Waals surface area (Å²) in [4.78, 5) is 4.07. The molecule has 2 heterocycles. The highest BCUT2D eigenvalue weighted by Gasteiger charge is 2.10. The van der Waals surface area contributed by atoms with Crippen molar-refractivity contribution in [3.63, 3.8) is 0 Å². The van der Waals surface area contributed by atoms with Gasteiger partial charge in [-0.3, -0.25) is 0 Å². The van der Waals surface area contributed by atoms with Crippen LogP contribution in [0.1, 0.15) is 6.92 Å². The molecule has 0 fully saturated rings. The Hall–Kier alpha value is -1.71. The van der Waals surface area contributed by atoms with Gasteiger partial charge in [-0.2, -0.15) is 0 Å². The molecule has 0 saturated carbocycles. The molecule has 0 aliphatic carbocycles. The van der Waals surface area contributed by atoms with Crippen LogP contribution in [-0.2, 0) is 6.54 Å². The zero-order valence-corrected chi connectivity index (χ0v) is 8.32. The van der Waals surface area contributed by atoms with Crippen LogP contribution in [0.25, 0.3) is 10.9 Å². The fourth-order valence-corrected chi connectivity index (χ4v) is 1.64. The summed E-state index contributed by atoms with van der Waals surface area (Å²) in [5, 5.41) is 1.05. The van der Waals surface area contributed by atoms with Gasteiger partial charge in [0.2, 0.25) is 0 Å². The third-order valence-corrected chi connectivity index (χ3v) is 2.33. The topological polar surface area (TPSA) is 53.1 Å². The van der Waals surface area contributed by atoms with Gasteiger partial charge in [-0.05, 0) is 13.0 Å². The Labute approximate surface area is 82.3 Å². The second kappa shape index (κ2) is 3.21. The molecule has 74 valence electrons. The van der Waals surface area contributed by atoms with E-state index in [2.05, 4.69) is 16.5 Å². The summed E-state index contributed by atoms with van der Waals surface area (Å²) in [5.41, 5.74) is 6.75. The van der Waals surface area contributed by atoms with E-state index in [4.69, 9.17) is 10.5 Å². The third kappa shape index (κ3) is 1.11. The van der Waals surface area contributed by atoms with E-state index in [1.54, 1.807) is 13.3 Å². The SMILES string of the molecule is CCn1ccc2cnc(N)c(OC)c21. The Morgan fingerprint density at radius 1 is 1.57 bits per heavy atom. The molecule has 0 spiro atoms. The molecule has 0 amide bonds. The van der Waals surface area contributed by atoms with Gasteiger partial charge >= 0.3 is 0 Å². The Bertz CT molecular complexity index is 462. The summed E-state index contributed by atoms with van der Waals surface area (Å²) in [6.07, 6.45) is 3.77. The number of hydrogen-bond donors (Lipinski definition) is 1. The van der Waals surface area contributed by atoms with E-state index >= 15 is 0 Å². The molecule has 0 bridgehead atoms. The van der Waals surface area contributed by atoms with Crippen molar-refractivity contribution in [1.82, 2.24) is 9.55 Å². The van der Waals surface area contributed by atoms with E-state index < -0.39 is 0 Å². The lowest BCUT2D eigenvalue weighted by atomic mass is 10.3. The van der Waals surface area contributed by atoms with Gasteiger partial charge in [0.05, 0.1) is 12.6 Å². The van der Waals surface area contributed by atoms with Crippen molar-refractivity contribution >= 4 is 16.7 Å². The summed E-state index contributed by atoms with van der Waals surface area (Å²) in [6.45, 7) is 2.97. The molecule has 0 aliphatic heterocycles. The number of anilines is 1. The fourth-order valence-electron chi connectivity index (χ4n) is 1.64. The summed E-state index contributed by atoms with van der Waals surface area (Å²) < 4.78 is 7.34. The number of nitrogens with zero attached hydrogens (tertiary/aromatic N) is 2. The van der Waals surface area contributed by atoms with Crippen LogP contribution in [0.5, 0.6) is 5.75 Å². The van der Waals surface area contributed by atoms with E-state index in [-0.39, 0.29) is 0 Å². The predicted octanol–water partition coefficient (Wildman–Crippen LogP) is 1.65. The highest BCUT2D eigenvalue weighted by molar-refractivity contribution is 5.88. The summed E-state index contributed by atoms with van der Waals surface area (Å²) >= 11 is 0. The maximum atomic E-state index is 5.73. The Morgan fingerprint density at radius 3 is 3.00 bits per heavy atom. The molecule has 4 heteroatoms. The fraction of sp³-hybridized carbons (Fsp3) is 0.300. The van der Waals surface area contributed by atoms with Crippen molar-refractivity contribution in [3.05, 3.63) is 18.5 Å². The third-order valence-electron chi connectivity index (χ3n) is 2.33. The van der Waals surface area contributed by atoms with Crippen molar-refractivity contribution in [3.8, 4) is 5.75 Å². The normalized spacial score (nSPS) is 10.7. The molecule has 0 saturated heterocycles. The van der Waals surface area contributed by atoms with E-state index in [9.17, 15) is 0 Å². The molecule has 0 unspecified atom stereocenters. The van der Waals surface area contributed by atoms with Gasteiger partial charge in [0.25, 0.3) is 0 Å². The van der Waals surface area contributed by atoms with Gasteiger partial charge in [-0.25, -0.2) is 4.98 Å². The number of aryl methyl sites for hydroxylation is 1. The first kappa shape index (κ1) is 8.87. The van der Waals surface area contributed by atoms with Gasteiger partial charge in [0, 0.05) is 24.3 Å². The molecular formula is C10H13N3O. The summed E-state index contributed by atoms with van der Waals surface area (Å²) in [5.74, 6) is 1.10. The van der Waals surface area contributed by atoms with Gasteiger partial charge < -0.3 is 15.0 Å². The quantitative estimate of drug-likeness (QED) is 0.785. The first-order chi connectivity index (χ1) is 6.77. The number of hydrogen-bond acceptors (Lipinski definition) is 3. The van der Waals surface area contributed by atoms with Crippen molar-refractivity contribution in [2.75, 3.05) is 12.8 Å². The van der Waals surface area contributed by atoms with E-state index in [1.807, 2.05) is 12.3 Å². The number of rotatable bonds is 2. The van der Waals surface area contributed by atoms with Gasteiger partial charge in [-0.1, -0.05) is 0 Å². The largest absolute Gasteiger partial charge is 0.491 e.